The first-order valence-electron chi connectivity index (χ1n) is 6.54. The minimum atomic E-state index is 0.781. The van der Waals surface area contributed by atoms with Crippen LogP contribution in [0.15, 0.2) is 24.3 Å². The van der Waals surface area contributed by atoms with Crippen molar-refractivity contribution in [2.75, 3.05) is 6.61 Å². The molecule has 0 saturated heterocycles. The van der Waals surface area contributed by atoms with Crippen LogP contribution in [-0.4, -0.2) is 6.61 Å². The predicted octanol–water partition coefficient (Wildman–Crippen LogP) is 4.34. The van der Waals surface area contributed by atoms with Gasteiger partial charge in [0.15, 0.2) is 0 Å². The summed E-state index contributed by atoms with van der Waals surface area (Å²) in [6.07, 6.45) is 8.32. The summed E-state index contributed by atoms with van der Waals surface area (Å²) >= 11 is 0. The molecule has 0 atom stereocenters. The molecule has 0 aliphatic heterocycles. The van der Waals surface area contributed by atoms with Crippen molar-refractivity contribution in [2.45, 2.75) is 45.4 Å². The van der Waals surface area contributed by atoms with Crippen LogP contribution >= 0.6 is 0 Å². The number of ether oxygens (including phenoxy) is 1. The first kappa shape index (κ1) is 11.5. The maximum absolute atomic E-state index is 5.88. The van der Waals surface area contributed by atoms with Gasteiger partial charge in [0.05, 0.1) is 6.61 Å². The second-order valence-electron chi connectivity index (χ2n) is 4.99. The van der Waals surface area contributed by atoms with Gasteiger partial charge in [0, 0.05) is 0 Å². The van der Waals surface area contributed by atoms with Crippen molar-refractivity contribution >= 4 is 0 Å². The lowest BCUT2D eigenvalue weighted by molar-refractivity contribution is 0.233. The molecule has 0 N–H and O–H groups in total. The third kappa shape index (κ3) is 3.55. The molecule has 0 aromatic heterocycles. The lowest BCUT2D eigenvalue weighted by Crippen LogP contribution is -2.11. The third-order valence-corrected chi connectivity index (χ3v) is 3.45. The Bertz CT molecular complexity index is 311. The lowest BCUT2D eigenvalue weighted by Gasteiger charge is -2.15. The van der Waals surface area contributed by atoms with Gasteiger partial charge in [0.2, 0.25) is 0 Å². The molecule has 16 heavy (non-hydrogen) atoms. The van der Waals surface area contributed by atoms with Gasteiger partial charge >= 0.3 is 0 Å². The molecule has 1 aromatic carbocycles. The summed E-state index contributed by atoms with van der Waals surface area (Å²) in [5, 5.41) is 0. The lowest BCUT2D eigenvalue weighted by atomic mass is 10.0. The van der Waals surface area contributed by atoms with Crippen molar-refractivity contribution in [3.63, 3.8) is 0 Å². The van der Waals surface area contributed by atoms with Crippen LogP contribution in [0.25, 0.3) is 0 Å². The molecule has 1 aliphatic rings. The van der Waals surface area contributed by atoms with Crippen molar-refractivity contribution in [1.82, 2.24) is 0 Å². The molecule has 0 heterocycles. The van der Waals surface area contributed by atoms with Gasteiger partial charge in [-0.3, -0.25) is 0 Å². The van der Waals surface area contributed by atoms with Crippen LogP contribution in [0.5, 0.6) is 5.75 Å². The predicted molar refractivity (Wildman–Crippen MR) is 67.9 cm³/mol. The number of aryl methyl sites for hydroxylation is 1. The van der Waals surface area contributed by atoms with E-state index in [-0.39, 0.29) is 0 Å². The summed E-state index contributed by atoms with van der Waals surface area (Å²) in [5.41, 5.74) is 1.28. The van der Waals surface area contributed by atoms with E-state index in [2.05, 4.69) is 31.2 Å². The quantitative estimate of drug-likeness (QED) is 0.686. The molecule has 1 saturated carbocycles. The zero-order valence-corrected chi connectivity index (χ0v) is 10.2. The van der Waals surface area contributed by atoms with Gasteiger partial charge in [0.25, 0.3) is 0 Å². The van der Waals surface area contributed by atoms with E-state index in [0.717, 1.165) is 18.3 Å². The Balaban J connectivity index is 1.81. The van der Waals surface area contributed by atoms with Crippen molar-refractivity contribution in [2.24, 2.45) is 5.92 Å². The molecule has 0 amide bonds. The highest BCUT2D eigenvalue weighted by Crippen LogP contribution is 2.24. The molecule has 1 aromatic rings. The number of benzene rings is 1. The Kier molecular flexibility index (Phi) is 4.26. The number of hydrogen-bond donors (Lipinski definition) is 0. The first-order valence-corrected chi connectivity index (χ1v) is 6.54. The van der Waals surface area contributed by atoms with Gasteiger partial charge < -0.3 is 4.74 Å². The third-order valence-electron chi connectivity index (χ3n) is 3.45. The zero-order chi connectivity index (χ0) is 11.2. The van der Waals surface area contributed by atoms with Gasteiger partial charge in [-0.05, 0) is 43.4 Å². The molecular formula is C15H22O. The average molecular weight is 218 g/mol. The van der Waals surface area contributed by atoms with Crippen molar-refractivity contribution in [1.29, 1.82) is 0 Å². The van der Waals surface area contributed by atoms with Crippen molar-refractivity contribution in [3.05, 3.63) is 29.8 Å². The maximum atomic E-state index is 5.88. The Morgan fingerprint density at radius 2 is 1.88 bits per heavy atom. The van der Waals surface area contributed by atoms with Gasteiger partial charge in [-0.2, -0.15) is 0 Å². The van der Waals surface area contributed by atoms with Gasteiger partial charge in [0.1, 0.15) is 5.75 Å². The molecule has 1 fully saturated rings. The van der Waals surface area contributed by atoms with E-state index in [1.807, 2.05) is 0 Å². The van der Waals surface area contributed by atoms with Gasteiger partial charge in [-0.25, -0.2) is 0 Å². The van der Waals surface area contributed by atoms with Gasteiger partial charge in [-0.15, -0.1) is 0 Å². The molecule has 1 aliphatic carbocycles. The summed E-state index contributed by atoms with van der Waals surface area (Å²) in [7, 11) is 0. The summed E-state index contributed by atoms with van der Waals surface area (Å²) in [5.74, 6) is 1.81. The first-order chi connectivity index (χ1) is 7.84. The molecule has 2 rings (SSSR count). The van der Waals surface area contributed by atoms with E-state index < -0.39 is 0 Å². The fourth-order valence-electron chi connectivity index (χ4n) is 2.45. The van der Waals surface area contributed by atoms with Crippen LogP contribution in [0.3, 0.4) is 0 Å². The summed E-state index contributed by atoms with van der Waals surface area (Å²) in [6, 6.07) is 8.36. The van der Waals surface area contributed by atoms with E-state index >= 15 is 0 Å². The SMILES string of the molecule is Cc1cccc(OCC2CCCCCC2)c1. The van der Waals surface area contributed by atoms with E-state index in [9.17, 15) is 0 Å². The Morgan fingerprint density at radius 3 is 2.56 bits per heavy atom. The topological polar surface area (TPSA) is 9.23 Å². The minimum Gasteiger partial charge on any atom is -0.493 e. The number of hydrogen-bond acceptors (Lipinski definition) is 1. The Morgan fingerprint density at radius 1 is 1.12 bits per heavy atom. The normalized spacial score (nSPS) is 18.1. The molecule has 0 radical (unpaired) electrons. The van der Waals surface area contributed by atoms with Crippen molar-refractivity contribution < 1.29 is 4.74 Å². The summed E-state index contributed by atoms with van der Waals surface area (Å²) < 4.78 is 5.88. The largest absolute Gasteiger partial charge is 0.493 e. The summed E-state index contributed by atoms with van der Waals surface area (Å²) in [4.78, 5) is 0. The van der Waals surface area contributed by atoms with E-state index in [0.29, 0.717) is 0 Å². The zero-order valence-electron chi connectivity index (χ0n) is 10.2. The van der Waals surface area contributed by atoms with Crippen LogP contribution < -0.4 is 4.74 Å². The minimum absolute atomic E-state index is 0.781. The van der Waals surface area contributed by atoms with Crippen LogP contribution in [0.1, 0.15) is 44.1 Å². The Hall–Kier alpha value is -0.980. The second kappa shape index (κ2) is 5.93. The van der Waals surface area contributed by atoms with Crippen LogP contribution in [0.2, 0.25) is 0 Å². The van der Waals surface area contributed by atoms with Crippen LogP contribution in [0.4, 0.5) is 0 Å². The molecule has 0 unspecified atom stereocenters. The fourth-order valence-corrected chi connectivity index (χ4v) is 2.45. The van der Waals surface area contributed by atoms with E-state index in [1.165, 1.54) is 44.1 Å². The second-order valence-corrected chi connectivity index (χ2v) is 4.99. The van der Waals surface area contributed by atoms with E-state index in [1.54, 1.807) is 0 Å². The van der Waals surface area contributed by atoms with E-state index in [4.69, 9.17) is 4.74 Å². The molecule has 1 heteroatoms. The highest BCUT2D eigenvalue weighted by atomic mass is 16.5. The highest BCUT2D eigenvalue weighted by Gasteiger charge is 2.12. The van der Waals surface area contributed by atoms with Crippen LogP contribution in [-0.2, 0) is 0 Å². The summed E-state index contributed by atoms with van der Waals surface area (Å²) in [6.45, 7) is 3.02. The maximum Gasteiger partial charge on any atom is 0.119 e. The Labute approximate surface area is 98.8 Å². The molecule has 1 nitrogen and oxygen atoms in total. The van der Waals surface area contributed by atoms with Gasteiger partial charge in [-0.1, -0.05) is 37.8 Å². The van der Waals surface area contributed by atoms with Crippen LogP contribution in [0, 0.1) is 12.8 Å². The number of rotatable bonds is 3. The molecule has 0 spiro atoms. The highest BCUT2D eigenvalue weighted by molar-refractivity contribution is 5.27. The molecule has 88 valence electrons. The monoisotopic (exact) mass is 218 g/mol. The molecule has 0 bridgehead atoms. The standard InChI is InChI=1S/C15H22O/c1-13-7-6-10-15(11-13)16-12-14-8-4-2-3-5-9-14/h6-7,10-11,14H,2-5,8-9,12H2,1H3. The smallest absolute Gasteiger partial charge is 0.119 e. The average Bonchev–Trinajstić information content (AvgIpc) is 2.55. The fraction of sp³-hybridized carbons (Fsp3) is 0.600. The van der Waals surface area contributed by atoms with Crippen molar-refractivity contribution in [3.8, 4) is 5.75 Å². The molecular weight excluding hydrogens is 196 g/mol.